The SMILES string of the molecule is CCNC(CCc1nccn1C)C(F)(F)F. The standard InChI is InChI=1S/C10H16F3N3/c1-3-14-8(10(11,12)13)4-5-9-15-6-7-16(9)2/h6-8,14H,3-5H2,1-2H3. The van der Waals surface area contributed by atoms with Crippen LogP contribution in [-0.2, 0) is 13.5 Å². The van der Waals surface area contributed by atoms with Crippen LogP contribution in [0, 0.1) is 0 Å². The van der Waals surface area contributed by atoms with Gasteiger partial charge in [0.1, 0.15) is 11.9 Å². The lowest BCUT2D eigenvalue weighted by molar-refractivity contribution is -0.156. The van der Waals surface area contributed by atoms with Gasteiger partial charge < -0.3 is 9.88 Å². The van der Waals surface area contributed by atoms with E-state index in [1.54, 1.807) is 30.9 Å². The number of rotatable bonds is 5. The Kier molecular flexibility index (Phi) is 4.35. The number of aromatic nitrogens is 2. The first-order valence-corrected chi connectivity index (χ1v) is 5.21. The Balaban J connectivity index is 2.54. The molecule has 92 valence electrons. The molecule has 1 heterocycles. The molecule has 0 fully saturated rings. The van der Waals surface area contributed by atoms with Gasteiger partial charge in [0, 0.05) is 25.9 Å². The molecule has 0 bridgehead atoms. The van der Waals surface area contributed by atoms with Crippen molar-refractivity contribution in [1.82, 2.24) is 14.9 Å². The van der Waals surface area contributed by atoms with Crippen molar-refractivity contribution in [3.63, 3.8) is 0 Å². The summed E-state index contributed by atoms with van der Waals surface area (Å²) in [4.78, 5) is 4.00. The minimum atomic E-state index is -4.19. The molecule has 0 aliphatic heterocycles. The zero-order chi connectivity index (χ0) is 12.2. The molecule has 0 aliphatic rings. The highest BCUT2D eigenvalue weighted by atomic mass is 19.4. The molecule has 6 heteroatoms. The maximum Gasteiger partial charge on any atom is 0.403 e. The minimum Gasteiger partial charge on any atom is -0.338 e. The fraction of sp³-hybridized carbons (Fsp3) is 0.700. The summed E-state index contributed by atoms with van der Waals surface area (Å²) in [5.41, 5.74) is 0. The highest BCUT2D eigenvalue weighted by Gasteiger charge is 2.38. The highest BCUT2D eigenvalue weighted by molar-refractivity contribution is 4.92. The van der Waals surface area contributed by atoms with Crippen LogP contribution in [0.4, 0.5) is 13.2 Å². The lowest BCUT2D eigenvalue weighted by Gasteiger charge is -2.20. The Hall–Kier alpha value is -1.04. The number of hydrogen-bond acceptors (Lipinski definition) is 2. The quantitative estimate of drug-likeness (QED) is 0.844. The smallest absolute Gasteiger partial charge is 0.338 e. The molecule has 0 aliphatic carbocycles. The summed E-state index contributed by atoms with van der Waals surface area (Å²) in [6, 6.07) is -1.45. The predicted molar refractivity (Wildman–Crippen MR) is 55.0 cm³/mol. The summed E-state index contributed by atoms with van der Waals surface area (Å²) in [5, 5.41) is 2.44. The Morgan fingerprint density at radius 1 is 1.50 bits per heavy atom. The van der Waals surface area contributed by atoms with Gasteiger partial charge in [-0.05, 0) is 13.0 Å². The molecular weight excluding hydrogens is 219 g/mol. The molecule has 0 spiro atoms. The van der Waals surface area contributed by atoms with E-state index in [0.717, 1.165) is 0 Å². The molecule has 0 aromatic carbocycles. The molecule has 1 aromatic heterocycles. The number of alkyl halides is 3. The van der Waals surface area contributed by atoms with E-state index in [0.29, 0.717) is 18.8 Å². The highest BCUT2D eigenvalue weighted by Crippen LogP contribution is 2.23. The van der Waals surface area contributed by atoms with Gasteiger partial charge in [0.2, 0.25) is 0 Å². The summed E-state index contributed by atoms with van der Waals surface area (Å²) >= 11 is 0. The molecule has 16 heavy (non-hydrogen) atoms. The molecule has 3 nitrogen and oxygen atoms in total. The largest absolute Gasteiger partial charge is 0.403 e. The van der Waals surface area contributed by atoms with Gasteiger partial charge in [0.15, 0.2) is 0 Å². The van der Waals surface area contributed by atoms with E-state index >= 15 is 0 Å². The molecule has 1 aromatic rings. The van der Waals surface area contributed by atoms with Crippen LogP contribution in [0.25, 0.3) is 0 Å². The first-order chi connectivity index (χ1) is 7.45. The minimum absolute atomic E-state index is 0.0161. The number of nitrogens with zero attached hydrogens (tertiary/aromatic N) is 2. The molecule has 1 atom stereocenters. The second-order valence-electron chi connectivity index (χ2n) is 3.64. The van der Waals surface area contributed by atoms with E-state index in [-0.39, 0.29) is 6.42 Å². The monoisotopic (exact) mass is 235 g/mol. The number of aryl methyl sites for hydroxylation is 2. The van der Waals surface area contributed by atoms with Crippen molar-refractivity contribution in [2.24, 2.45) is 7.05 Å². The molecule has 1 unspecified atom stereocenters. The topological polar surface area (TPSA) is 29.9 Å². The van der Waals surface area contributed by atoms with Gasteiger partial charge in [0.25, 0.3) is 0 Å². The average molecular weight is 235 g/mol. The molecule has 0 amide bonds. The van der Waals surface area contributed by atoms with Crippen LogP contribution < -0.4 is 5.32 Å². The Morgan fingerprint density at radius 3 is 2.62 bits per heavy atom. The summed E-state index contributed by atoms with van der Waals surface area (Å²) in [6.07, 6.45) is -0.541. The molecule has 0 saturated heterocycles. The predicted octanol–water partition coefficient (Wildman–Crippen LogP) is 1.89. The summed E-state index contributed by atoms with van der Waals surface area (Å²) in [7, 11) is 1.78. The van der Waals surface area contributed by atoms with E-state index in [1.165, 1.54) is 0 Å². The van der Waals surface area contributed by atoms with Crippen LogP contribution in [0.2, 0.25) is 0 Å². The normalized spacial score (nSPS) is 14.1. The van der Waals surface area contributed by atoms with E-state index < -0.39 is 12.2 Å². The number of halogens is 3. The number of hydrogen-bond donors (Lipinski definition) is 1. The van der Waals surface area contributed by atoms with E-state index in [2.05, 4.69) is 10.3 Å². The summed E-state index contributed by atoms with van der Waals surface area (Å²) in [5.74, 6) is 0.673. The van der Waals surface area contributed by atoms with Crippen LogP contribution in [0.3, 0.4) is 0 Å². The number of imidazole rings is 1. The second-order valence-corrected chi connectivity index (χ2v) is 3.64. The van der Waals surface area contributed by atoms with Crippen LogP contribution in [0.15, 0.2) is 12.4 Å². The summed E-state index contributed by atoms with van der Waals surface area (Å²) < 4.78 is 39.4. The van der Waals surface area contributed by atoms with Crippen molar-refractivity contribution in [2.75, 3.05) is 6.54 Å². The van der Waals surface area contributed by atoms with Crippen LogP contribution in [0.1, 0.15) is 19.2 Å². The number of nitrogens with one attached hydrogen (secondary N) is 1. The van der Waals surface area contributed by atoms with Gasteiger partial charge in [-0.2, -0.15) is 13.2 Å². The Morgan fingerprint density at radius 2 is 2.19 bits per heavy atom. The second kappa shape index (κ2) is 5.34. The van der Waals surface area contributed by atoms with Gasteiger partial charge in [-0.3, -0.25) is 0 Å². The molecule has 0 saturated carbocycles. The lowest BCUT2D eigenvalue weighted by Crippen LogP contribution is -2.42. The lowest BCUT2D eigenvalue weighted by atomic mass is 10.1. The van der Waals surface area contributed by atoms with Crippen molar-refractivity contribution in [3.05, 3.63) is 18.2 Å². The van der Waals surface area contributed by atoms with Crippen LogP contribution in [0.5, 0.6) is 0 Å². The van der Waals surface area contributed by atoms with Gasteiger partial charge in [-0.15, -0.1) is 0 Å². The van der Waals surface area contributed by atoms with Crippen LogP contribution >= 0.6 is 0 Å². The third-order valence-electron chi connectivity index (χ3n) is 2.42. The zero-order valence-electron chi connectivity index (χ0n) is 9.38. The van der Waals surface area contributed by atoms with Crippen molar-refractivity contribution in [2.45, 2.75) is 32.0 Å². The third kappa shape index (κ3) is 3.52. The van der Waals surface area contributed by atoms with Gasteiger partial charge >= 0.3 is 6.18 Å². The van der Waals surface area contributed by atoms with Gasteiger partial charge in [-0.25, -0.2) is 4.98 Å². The van der Waals surface area contributed by atoms with E-state index in [9.17, 15) is 13.2 Å². The maximum absolute atomic E-state index is 12.5. The van der Waals surface area contributed by atoms with Crippen molar-refractivity contribution >= 4 is 0 Å². The van der Waals surface area contributed by atoms with Crippen molar-refractivity contribution in [3.8, 4) is 0 Å². The summed E-state index contributed by atoms with van der Waals surface area (Å²) in [6.45, 7) is 1.98. The Labute approximate surface area is 92.7 Å². The molecule has 0 radical (unpaired) electrons. The van der Waals surface area contributed by atoms with Gasteiger partial charge in [-0.1, -0.05) is 6.92 Å². The fourth-order valence-corrected chi connectivity index (χ4v) is 1.54. The molecule has 1 N–H and O–H groups in total. The Bertz CT molecular complexity index is 319. The fourth-order valence-electron chi connectivity index (χ4n) is 1.54. The zero-order valence-corrected chi connectivity index (χ0v) is 9.38. The van der Waals surface area contributed by atoms with E-state index in [4.69, 9.17) is 0 Å². The first kappa shape index (κ1) is 13.0. The maximum atomic E-state index is 12.5. The van der Waals surface area contributed by atoms with Crippen molar-refractivity contribution in [1.29, 1.82) is 0 Å². The first-order valence-electron chi connectivity index (χ1n) is 5.21. The van der Waals surface area contributed by atoms with Gasteiger partial charge in [0.05, 0.1) is 0 Å². The molecule has 1 rings (SSSR count). The van der Waals surface area contributed by atoms with E-state index in [1.807, 2.05) is 0 Å². The van der Waals surface area contributed by atoms with Crippen molar-refractivity contribution < 1.29 is 13.2 Å². The third-order valence-corrected chi connectivity index (χ3v) is 2.42. The average Bonchev–Trinajstić information content (AvgIpc) is 2.57. The molecular formula is C10H16F3N3. The van der Waals surface area contributed by atoms with Crippen LogP contribution in [-0.4, -0.2) is 28.3 Å².